The van der Waals surface area contributed by atoms with Gasteiger partial charge in [0.2, 0.25) is 0 Å². The zero-order valence-electron chi connectivity index (χ0n) is 20.0. The number of rotatable bonds is 12. The van der Waals surface area contributed by atoms with Crippen molar-refractivity contribution in [2.45, 2.75) is 110 Å². The lowest BCUT2D eigenvalue weighted by Crippen LogP contribution is -2.50. The van der Waals surface area contributed by atoms with Crippen molar-refractivity contribution in [3.05, 3.63) is 0 Å². The molecule has 3 atom stereocenters. The average molecular weight is 436 g/mol. The van der Waals surface area contributed by atoms with E-state index in [-0.39, 0.29) is 17.9 Å². The molecular formula is C21H45NO4SSi. The first kappa shape index (κ1) is 27.8. The summed E-state index contributed by atoms with van der Waals surface area (Å²) in [5.74, 6) is -0.644. The van der Waals surface area contributed by atoms with E-state index in [9.17, 15) is 9.00 Å². The predicted octanol–water partition coefficient (Wildman–Crippen LogP) is 5.19. The van der Waals surface area contributed by atoms with Crippen LogP contribution in [0.5, 0.6) is 0 Å². The molecule has 0 rings (SSSR count). The second-order valence-electron chi connectivity index (χ2n) is 9.60. The smallest absolute Gasteiger partial charge is 0.310 e. The number of esters is 1. The zero-order chi connectivity index (χ0) is 22.3. The summed E-state index contributed by atoms with van der Waals surface area (Å²) in [5, 5.41) is 0. The van der Waals surface area contributed by atoms with Crippen molar-refractivity contribution in [1.82, 2.24) is 4.72 Å². The summed E-state index contributed by atoms with van der Waals surface area (Å²) in [6.45, 7) is 23.9. The standard InChI is InChI=1S/C21H45NO4SSi/c1-12-25-20(23)18(8)19(22-27(24)21(9,10)11)13-14-26-28(15(2)3,16(4)5)17(6)7/h15-19,22H,12-14H2,1-11H3/t18?,19?,27-/m1/s1. The van der Waals surface area contributed by atoms with Crippen LogP contribution in [0.3, 0.4) is 0 Å². The van der Waals surface area contributed by atoms with Crippen LogP contribution in [0, 0.1) is 5.92 Å². The summed E-state index contributed by atoms with van der Waals surface area (Å²) in [7, 11) is -3.23. The van der Waals surface area contributed by atoms with Crippen molar-refractivity contribution < 1.29 is 18.2 Å². The Morgan fingerprint density at radius 1 is 1.00 bits per heavy atom. The molecule has 0 aliphatic rings. The van der Waals surface area contributed by atoms with Gasteiger partial charge in [-0.15, -0.1) is 0 Å². The highest BCUT2D eigenvalue weighted by molar-refractivity contribution is 7.84. The van der Waals surface area contributed by atoms with Gasteiger partial charge >= 0.3 is 5.97 Å². The second kappa shape index (κ2) is 11.8. The highest BCUT2D eigenvalue weighted by atomic mass is 32.2. The fourth-order valence-corrected chi connectivity index (χ4v) is 10.4. The van der Waals surface area contributed by atoms with Crippen LogP contribution >= 0.6 is 0 Å². The largest absolute Gasteiger partial charge is 0.466 e. The molecule has 28 heavy (non-hydrogen) atoms. The van der Waals surface area contributed by atoms with Gasteiger partial charge in [0.05, 0.1) is 28.3 Å². The van der Waals surface area contributed by atoms with E-state index in [4.69, 9.17) is 9.16 Å². The van der Waals surface area contributed by atoms with Gasteiger partial charge in [-0.05, 0) is 50.7 Å². The van der Waals surface area contributed by atoms with E-state index in [2.05, 4.69) is 46.3 Å². The minimum Gasteiger partial charge on any atom is -0.466 e. The number of hydrogen-bond donors (Lipinski definition) is 1. The van der Waals surface area contributed by atoms with Crippen molar-refractivity contribution in [3.63, 3.8) is 0 Å². The average Bonchev–Trinajstić information content (AvgIpc) is 2.54. The van der Waals surface area contributed by atoms with Gasteiger partial charge in [0, 0.05) is 12.6 Å². The van der Waals surface area contributed by atoms with Crippen molar-refractivity contribution in [3.8, 4) is 0 Å². The van der Waals surface area contributed by atoms with E-state index < -0.39 is 24.1 Å². The summed E-state index contributed by atoms with van der Waals surface area (Å²) in [4.78, 5) is 12.3. The van der Waals surface area contributed by atoms with Crippen LogP contribution in [0.15, 0.2) is 0 Å². The van der Waals surface area contributed by atoms with E-state index in [0.29, 0.717) is 36.3 Å². The fraction of sp³-hybridized carbons (Fsp3) is 0.952. The van der Waals surface area contributed by atoms with E-state index in [1.54, 1.807) is 6.92 Å². The van der Waals surface area contributed by atoms with E-state index in [0.717, 1.165) is 0 Å². The van der Waals surface area contributed by atoms with E-state index in [1.165, 1.54) is 0 Å². The molecule has 0 saturated heterocycles. The maximum Gasteiger partial charge on any atom is 0.310 e. The lowest BCUT2D eigenvalue weighted by Gasteiger charge is -2.42. The molecule has 0 heterocycles. The van der Waals surface area contributed by atoms with Crippen LogP contribution in [0.1, 0.15) is 82.6 Å². The van der Waals surface area contributed by atoms with Gasteiger partial charge in [-0.3, -0.25) is 4.79 Å². The molecule has 0 saturated carbocycles. The van der Waals surface area contributed by atoms with Crippen molar-refractivity contribution >= 4 is 25.3 Å². The Morgan fingerprint density at radius 3 is 1.82 bits per heavy atom. The van der Waals surface area contributed by atoms with Crippen LogP contribution in [0.2, 0.25) is 16.6 Å². The van der Waals surface area contributed by atoms with Crippen molar-refractivity contribution in [2.75, 3.05) is 13.2 Å². The molecule has 168 valence electrons. The SMILES string of the molecule is CCOC(=O)C(C)C(CCO[Si](C(C)C)(C(C)C)C(C)C)N[S@](=O)C(C)(C)C. The molecule has 0 amide bonds. The molecule has 1 N–H and O–H groups in total. The Morgan fingerprint density at radius 2 is 1.46 bits per heavy atom. The second-order valence-corrected chi connectivity index (χ2v) is 17.1. The van der Waals surface area contributed by atoms with Crippen LogP contribution in [0.4, 0.5) is 0 Å². The van der Waals surface area contributed by atoms with Gasteiger partial charge < -0.3 is 9.16 Å². The normalized spacial score (nSPS) is 16.5. The Balaban J connectivity index is 5.38. The summed E-state index contributed by atoms with van der Waals surface area (Å²) in [6.07, 6.45) is 0.628. The molecule has 5 nitrogen and oxygen atoms in total. The highest BCUT2D eigenvalue weighted by Gasteiger charge is 2.45. The molecule has 0 aliphatic heterocycles. The van der Waals surface area contributed by atoms with Crippen LogP contribution in [0.25, 0.3) is 0 Å². The van der Waals surface area contributed by atoms with Crippen molar-refractivity contribution in [1.29, 1.82) is 0 Å². The lowest BCUT2D eigenvalue weighted by molar-refractivity contribution is -0.148. The van der Waals surface area contributed by atoms with Crippen LogP contribution in [-0.2, 0) is 24.9 Å². The monoisotopic (exact) mass is 435 g/mol. The van der Waals surface area contributed by atoms with Gasteiger partial charge in [0.25, 0.3) is 0 Å². The Kier molecular flexibility index (Phi) is 11.7. The fourth-order valence-electron chi connectivity index (χ4n) is 4.03. The first-order chi connectivity index (χ1) is 12.7. The van der Waals surface area contributed by atoms with Gasteiger partial charge in [-0.25, -0.2) is 8.93 Å². The molecule has 0 fully saturated rings. The number of carbonyl (C=O) groups excluding carboxylic acids is 1. The molecule has 2 unspecified atom stereocenters. The van der Waals surface area contributed by atoms with Gasteiger partial charge in [-0.2, -0.15) is 0 Å². The Bertz CT molecular complexity index is 481. The van der Waals surface area contributed by atoms with Gasteiger partial charge in [-0.1, -0.05) is 48.5 Å². The zero-order valence-corrected chi connectivity index (χ0v) is 21.9. The number of hydrogen-bond acceptors (Lipinski definition) is 4. The minimum atomic E-state index is -1.97. The summed E-state index contributed by atoms with van der Waals surface area (Å²) in [5.41, 5.74) is 1.51. The highest BCUT2D eigenvalue weighted by Crippen LogP contribution is 2.42. The van der Waals surface area contributed by atoms with Crippen LogP contribution < -0.4 is 4.72 Å². The third-order valence-electron chi connectivity index (χ3n) is 5.56. The molecule has 0 aromatic heterocycles. The molecule has 0 spiro atoms. The quantitative estimate of drug-likeness (QED) is 0.338. The van der Waals surface area contributed by atoms with E-state index in [1.807, 2.05) is 27.7 Å². The van der Waals surface area contributed by atoms with E-state index >= 15 is 0 Å². The molecule has 0 bridgehead atoms. The Hall–Kier alpha value is -0.243. The van der Waals surface area contributed by atoms with Crippen molar-refractivity contribution in [2.24, 2.45) is 5.92 Å². The third kappa shape index (κ3) is 7.54. The van der Waals surface area contributed by atoms with Crippen LogP contribution in [-0.4, -0.2) is 42.5 Å². The first-order valence-corrected chi connectivity index (χ1v) is 14.0. The maximum atomic E-state index is 12.7. The summed E-state index contributed by atoms with van der Waals surface area (Å²) in [6, 6.07) is -0.253. The third-order valence-corrected chi connectivity index (χ3v) is 13.3. The predicted molar refractivity (Wildman–Crippen MR) is 122 cm³/mol. The molecule has 0 aliphatic carbocycles. The summed E-state index contributed by atoms with van der Waals surface area (Å²) < 4.78 is 27.3. The topological polar surface area (TPSA) is 64.6 Å². The molecule has 0 aromatic rings. The molecule has 7 heteroatoms. The minimum absolute atomic E-state index is 0.253. The van der Waals surface area contributed by atoms with Gasteiger partial charge in [0.1, 0.15) is 0 Å². The number of nitrogens with one attached hydrogen (secondary N) is 1. The Labute approximate surface area is 177 Å². The maximum absolute atomic E-state index is 12.7. The number of carbonyl (C=O) groups is 1. The lowest BCUT2D eigenvalue weighted by atomic mass is 10.0. The summed E-state index contributed by atoms with van der Waals surface area (Å²) >= 11 is 0. The molecule has 0 aromatic carbocycles. The first-order valence-electron chi connectivity index (χ1n) is 10.7. The van der Waals surface area contributed by atoms with Gasteiger partial charge in [0.15, 0.2) is 8.32 Å². The number of ether oxygens (including phenoxy) is 1. The molecular weight excluding hydrogens is 390 g/mol. The molecule has 0 radical (unpaired) electrons.